The molecular formula is C26H35N3O6S. The fourth-order valence-electron chi connectivity index (χ4n) is 3.76. The lowest BCUT2D eigenvalue weighted by Gasteiger charge is -2.33. The van der Waals surface area contributed by atoms with Gasteiger partial charge in [-0.3, -0.25) is 18.7 Å². The Kier molecular flexibility index (Phi) is 10.0. The molecular weight excluding hydrogens is 482 g/mol. The van der Waals surface area contributed by atoms with E-state index in [2.05, 4.69) is 5.32 Å². The number of sulfonamides is 1. The number of amides is 2. The summed E-state index contributed by atoms with van der Waals surface area (Å²) >= 11 is 0. The van der Waals surface area contributed by atoms with E-state index < -0.39 is 28.5 Å². The zero-order chi connectivity index (χ0) is 27.0. The summed E-state index contributed by atoms with van der Waals surface area (Å²) in [7, 11) is -2.36. The first-order chi connectivity index (χ1) is 16.9. The number of benzene rings is 2. The second-order valence-electron chi connectivity index (χ2n) is 8.84. The number of nitrogens with zero attached hydrogens (tertiary/aromatic N) is 2. The van der Waals surface area contributed by atoms with Gasteiger partial charge in [-0.25, -0.2) is 8.42 Å². The zero-order valence-electron chi connectivity index (χ0n) is 21.6. The lowest BCUT2D eigenvalue weighted by atomic mass is 10.1. The molecule has 2 aromatic rings. The third-order valence-corrected chi connectivity index (χ3v) is 6.66. The van der Waals surface area contributed by atoms with Gasteiger partial charge < -0.3 is 15.0 Å². The Morgan fingerprint density at radius 2 is 1.72 bits per heavy atom. The fraction of sp³-hybridized carbons (Fsp3) is 0.423. The van der Waals surface area contributed by atoms with Crippen molar-refractivity contribution in [2.75, 3.05) is 24.2 Å². The van der Waals surface area contributed by atoms with Gasteiger partial charge >= 0.3 is 0 Å². The Labute approximate surface area is 213 Å². The molecule has 2 aromatic carbocycles. The Bertz CT molecular complexity index is 1200. The Hall–Kier alpha value is -3.40. The highest BCUT2D eigenvalue weighted by Gasteiger charge is 2.32. The van der Waals surface area contributed by atoms with Gasteiger partial charge in [-0.2, -0.15) is 0 Å². The quantitative estimate of drug-likeness (QED) is 0.433. The van der Waals surface area contributed by atoms with Crippen LogP contribution in [-0.4, -0.2) is 62.9 Å². The van der Waals surface area contributed by atoms with Crippen LogP contribution in [0.3, 0.4) is 0 Å². The molecule has 0 heterocycles. The lowest BCUT2D eigenvalue weighted by molar-refractivity contribution is -0.140. The van der Waals surface area contributed by atoms with E-state index in [-0.39, 0.29) is 30.0 Å². The van der Waals surface area contributed by atoms with Crippen LogP contribution in [0, 0.1) is 0 Å². The van der Waals surface area contributed by atoms with Gasteiger partial charge in [-0.05, 0) is 57.0 Å². The summed E-state index contributed by atoms with van der Waals surface area (Å²) in [5, 5.41) is 2.85. The molecule has 9 nitrogen and oxygen atoms in total. The van der Waals surface area contributed by atoms with Crippen molar-refractivity contribution in [1.82, 2.24) is 10.2 Å². The van der Waals surface area contributed by atoms with Crippen molar-refractivity contribution >= 4 is 33.3 Å². The molecule has 1 atom stereocenters. The number of hydrogen-bond donors (Lipinski definition) is 1. The predicted octanol–water partition coefficient (Wildman–Crippen LogP) is 3.00. The maximum Gasteiger partial charge on any atom is 0.244 e. The van der Waals surface area contributed by atoms with E-state index in [9.17, 15) is 22.8 Å². The van der Waals surface area contributed by atoms with Crippen LogP contribution in [0.2, 0.25) is 0 Å². The van der Waals surface area contributed by atoms with Gasteiger partial charge in [0.05, 0.1) is 19.1 Å². The van der Waals surface area contributed by atoms with Crippen LogP contribution in [0.5, 0.6) is 5.75 Å². The number of nitrogens with one attached hydrogen (secondary N) is 1. The summed E-state index contributed by atoms with van der Waals surface area (Å²) in [6, 6.07) is 12.3. The van der Waals surface area contributed by atoms with E-state index in [1.807, 2.05) is 13.8 Å². The topological polar surface area (TPSA) is 113 Å². The number of carbonyl (C=O) groups is 3. The number of anilines is 1. The van der Waals surface area contributed by atoms with Gasteiger partial charge in [0.1, 0.15) is 18.3 Å². The molecule has 0 aromatic heterocycles. The van der Waals surface area contributed by atoms with Crippen molar-refractivity contribution in [3.63, 3.8) is 0 Å². The number of hydrogen-bond acceptors (Lipinski definition) is 6. The molecule has 0 bridgehead atoms. The van der Waals surface area contributed by atoms with Crippen LogP contribution in [0.15, 0.2) is 48.5 Å². The second kappa shape index (κ2) is 12.5. The van der Waals surface area contributed by atoms with Crippen LogP contribution in [-0.2, 0) is 26.2 Å². The summed E-state index contributed by atoms with van der Waals surface area (Å²) in [5.74, 6) is -0.512. The fourth-order valence-corrected chi connectivity index (χ4v) is 4.60. The molecule has 0 aliphatic rings. The maximum atomic E-state index is 13.7. The van der Waals surface area contributed by atoms with Crippen LogP contribution in [0.1, 0.15) is 50.0 Å². The largest absolute Gasteiger partial charge is 0.497 e. The first-order valence-electron chi connectivity index (χ1n) is 11.7. The van der Waals surface area contributed by atoms with Crippen LogP contribution < -0.4 is 14.4 Å². The lowest BCUT2D eigenvalue weighted by Crippen LogP contribution is -2.53. The third kappa shape index (κ3) is 7.81. The molecule has 0 radical (unpaired) electrons. The summed E-state index contributed by atoms with van der Waals surface area (Å²) in [6.45, 7) is 6.37. The smallest absolute Gasteiger partial charge is 0.244 e. The molecule has 0 saturated heterocycles. The molecule has 196 valence electrons. The molecule has 1 N–H and O–H groups in total. The van der Waals surface area contributed by atoms with Gasteiger partial charge in [-0.15, -0.1) is 0 Å². The SMILES string of the molecule is CCC(C(=O)NC(C)C)N(Cc1cccc(OC)c1)C(=O)CN(c1cccc(C(C)=O)c1)S(C)(=O)=O. The molecule has 0 aliphatic heterocycles. The number of ketones is 1. The number of rotatable bonds is 12. The summed E-state index contributed by atoms with van der Waals surface area (Å²) in [4.78, 5) is 39.9. The average molecular weight is 518 g/mol. The van der Waals surface area contributed by atoms with Gasteiger partial charge in [-0.1, -0.05) is 31.2 Å². The normalized spacial score (nSPS) is 12.1. The third-order valence-electron chi connectivity index (χ3n) is 5.52. The van der Waals surface area contributed by atoms with Gasteiger partial charge in [0.15, 0.2) is 5.78 Å². The highest BCUT2D eigenvalue weighted by Crippen LogP contribution is 2.22. The molecule has 0 saturated carbocycles. The summed E-state index contributed by atoms with van der Waals surface area (Å²) in [6.07, 6.45) is 1.32. The minimum absolute atomic E-state index is 0.0745. The highest BCUT2D eigenvalue weighted by molar-refractivity contribution is 7.92. The van der Waals surface area contributed by atoms with E-state index in [1.54, 1.807) is 43.3 Å². The molecule has 0 fully saturated rings. The van der Waals surface area contributed by atoms with Gasteiger partial charge in [0, 0.05) is 18.2 Å². The average Bonchev–Trinajstić information content (AvgIpc) is 2.81. The van der Waals surface area contributed by atoms with Crippen LogP contribution >= 0.6 is 0 Å². The van der Waals surface area contributed by atoms with Crippen molar-refractivity contribution in [1.29, 1.82) is 0 Å². The summed E-state index contributed by atoms with van der Waals surface area (Å²) < 4.78 is 31.6. The predicted molar refractivity (Wildman–Crippen MR) is 140 cm³/mol. The highest BCUT2D eigenvalue weighted by atomic mass is 32.2. The zero-order valence-corrected chi connectivity index (χ0v) is 22.5. The summed E-state index contributed by atoms with van der Waals surface area (Å²) in [5.41, 5.74) is 1.24. The molecule has 10 heteroatoms. The van der Waals surface area contributed by atoms with E-state index >= 15 is 0 Å². The van der Waals surface area contributed by atoms with E-state index in [0.717, 1.165) is 16.1 Å². The molecule has 0 spiro atoms. The molecule has 0 aliphatic carbocycles. The maximum absolute atomic E-state index is 13.7. The first-order valence-corrected chi connectivity index (χ1v) is 13.5. The second-order valence-corrected chi connectivity index (χ2v) is 10.7. The molecule has 36 heavy (non-hydrogen) atoms. The van der Waals surface area contributed by atoms with Crippen molar-refractivity contribution in [2.24, 2.45) is 0 Å². The number of carbonyl (C=O) groups excluding carboxylic acids is 3. The van der Waals surface area contributed by atoms with Crippen LogP contribution in [0.25, 0.3) is 0 Å². The first kappa shape index (κ1) is 28.8. The number of Topliss-reactive ketones (excluding diaryl/α,β-unsaturated/α-hetero) is 1. The van der Waals surface area contributed by atoms with E-state index in [1.165, 1.54) is 31.1 Å². The van der Waals surface area contributed by atoms with Crippen molar-refractivity contribution in [3.8, 4) is 5.75 Å². The van der Waals surface area contributed by atoms with Gasteiger partial charge in [0.2, 0.25) is 21.8 Å². The molecule has 1 unspecified atom stereocenters. The van der Waals surface area contributed by atoms with E-state index in [4.69, 9.17) is 4.74 Å². The minimum atomic E-state index is -3.89. The van der Waals surface area contributed by atoms with E-state index in [0.29, 0.717) is 17.7 Å². The standard InChI is InChI=1S/C26H35N3O6S/c1-7-24(26(32)27-18(2)3)28(16-20-10-8-13-23(14-20)35-5)25(31)17-29(36(6,33)34)22-12-9-11-21(15-22)19(4)30/h8-15,18,24H,7,16-17H2,1-6H3,(H,27,32). The van der Waals surface area contributed by atoms with Crippen LogP contribution in [0.4, 0.5) is 5.69 Å². The minimum Gasteiger partial charge on any atom is -0.497 e. The van der Waals surface area contributed by atoms with Crippen molar-refractivity contribution in [3.05, 3.63) is 59.7 Å². The Balaban J connectivity index is 2.49. The monoisotopic (exact) mass is 517 g/mol. The number of methoxy groups -OCH3 is 1. The Morgan fingerprint density at radius 1 is 1.06 bits per heavy atom. The van der Waals surface area contributed by atoms with Gasteiger partial charge in [0.25, 0.3) is 0 Å². The Morgan fingerprint density at radius 3 is 2.28 bits per heavy atom. The van der Waals surface area contributed by atoms with Crippen molar-refractivity contribution < 1.29 is 27.5 Å². The van der Waals surface area contributed by atoms with Crippen molar-refractivity contribution in [2.45, 2.75) is 52.7 Å². The number of ether oxygens (including phenoxy) is 1. The molecule has 2 amide bonds. The molecule has 2 rings (SSSR count).